The zero-order valence-corrected chi connectivity index (χ0v) is 17.7. The summed E-state index contributed by atoms with van der Waals surface area (Å²) in [5.74, 6) is 1.05. The third-order valence-corrected chi connectivity index (χ3v) is 4.87. The van der Waals surface area contributed by atoms with Crippen molar-refractivity contribution in [1.29, 1.82) is 0 Å². The Labute approximate surface area is 177 Å². The molecule has 0 N–H and O–H groups in total. The maximum atomic E-state index is 12.1. The summed E-state index contributed by atoms with van der Waals surface area (Å²) >= 11 is 0. The number of esters is 1. The van der Waals surface area contributed by atoms with E-state index in [4.69, 9.17) is 14.2 Å². The highest BCUT2D eigenvalue weighted by atomic mass is 16.5. The Morgan fingerprint density at radius 3 is 2.47 bits per heavy atom. The zero-order valence-electron chi connectivity index (χ0n) is 17.7. The number of nitrogens with zero attached hydrogens (tertiary/aromatic N) is 1. The van der Waals surface area contributed by atoms with Crippen molar-refractivity contribution in [2.24, 2.45) is 0 Å². The largest absolute Gasteiger partial charge is 0.493 e. The molecule has 0 radical (unpaired) electrons. The molecular formula is C25H27NO4. The van der Waals surface area contributed by atoms with Crippen LogP contribution in [0.3, 0.4) is 0 Å². The monoisotopic (exact) mass is 405 g/mol. The lowest BCUT2D eigenvalue weighted by Crippen LogP contribution is -2.10. The molecule has 1 aromatic heterocycles. The second-order valence-corrected chi connectivity index (χ2v) is 6.97. The van der Waals surface area contributed by atoms with Gasteiger partial charge in [-0.25, -0.2) is 4.79 Å². The highest BCUT2D eigenvalue weighted by Gasteiger charge is 2.15. The SMILES string of the molecule is CCc1ccc(CCOc2cccc(OCc3cccc(C)c3C(=O)OC)c2)nc1. The fraction of sp³-hybridized carbons (Fsp3) is 0.280. The van der Waals surface area contributed by atoms with Gasteiger partial charge in [0.25, 0.3) is 0 Å². The molecule has 0 unspecified atom stereocenters. The van der Waals surface area contributed by atoms with Crippen LogP contribution in [0, 0.1) is 6.92 Å². The molecular weight excluding hydrogens is 378 g/mol. The molecule has 0 fully saturated rings. The quantitative estimate of drug-likeness (QED) is 0.472. The van der Waals surface area contributed by atoms with Crippen molar-refractivity contribution in [3.05, 3.63) is 88.7 Å². The highest BCUT2D eigenvalue weighted by Crippen LogP contribution is 2.22. The smallest absolute Gasteiger partial charge is 0.338 e. The van der Waals surface area contributed by atoms with Gasteiger partial charge in [-0.2, -0.15) is 0 Å². The van der Waals surface area contributed by atoms with Gasteiger partial charge >= 0.3 is 5.97 Å². The number of hydrogen-bond acceptors (Lipinski definition) is 5. The lowest BCUT2D eigenvalue weighted by atomic mass is 10.0. The number of carbonyl (C=O) groups excluding carboxylic acids is 1. The second kappa shape index (κ2) is 10.4. The van der Waals surface area contributed by atoms with Gasteiger partial charge in [-0.1, -0.05) is 37.3 Å². The predicted octanol–water partition coefficient (Wildman–Crippen LogP) is 4.94. The highest BCUT2D eigenvalue weighted by molar-refractivity contribution is 5.92. The van der Waals surface area contributed by atoms with Crippen LogP contribution in [0.2, 0.25) is 0 Å². The lowest BCUT2D eigenvalue weighted by molar-refractivity contribution is 0.0597. The number of hydrogen-bond donors (Lipinski definition) is 0. The van der Waals surface area contributed by atoms with Crippen molar-refractivity contribution in [3.63, 3.8) is 0 Å². The molecule has 0 aliphatic rings. The van der Waals surface area contributed by atoms with Crippen LogP contribution in [0.5, 0.6) is 11.5 Å². The Morgan fingerprint density at radius 2 is 1.77 bits per heavy atom. The van der Waals surface area contributed by atoms with E-state index in [0.717, 1.165) is 35.4 Å². The van der Waals surface area contributed by atoms with Crippen LogP contribution in [0.25, 0.3) is 0 Å². The number of aromatic nitrogens is 1. The predicted molar refractivity (Wildman–Crippen MR) is 116 cm³/mol. The summed E-state index contributed by atoms with van der Waals surface area (Å²) in [6, 6.07) is 17.3. The first-order chi connectivity index (χ1) is 14.6. The van der Waals surface area contributed by atoms with Crippen LogP contribution in [-0.4, -0.2) is 24.7 Å². The van der Waals surface area contributed by atoms with Gasteiger partial charge in [-0.3, -0.25) is 4.98 Å². The number of methoxy groups -OCH3 is 1. The number of rotatable bonds is 9. The van der Waals surface area contributed by atoms with E-state index in [1.807, 2.05) is 61.7 Å². The van der Waals surface area contributed by atoms with Crippen molar-refractivity contribution >= 4 is 5.97 Å². The first-order valence-electron chi connectivity index (χ1n) is 10.1. The average molecular weight is 405 g/mol. The minimum absolute atomic E-state index is 0.267. The molecule has 30 heavy (non-hydrogen) atoms. The third-order valence-electron chi connectivity index (χ3n) is 4.87. The molecule has 0 bridgehead atoms. The summed E-state index contributed by atoms with van der Waals surface area (Å²) < 4.78 is 16.7. The van der Waals surface area contributed by atoms with Crippen LogP contribution >= 0.6 is 0 Å². The van der Waals surface area contributed by atoms with E-state index < -0.39 is 0 Å². The molecule has 5 heteroatoms. The van der Waals surface area contributed by atoms with Crippen LogP contribution in [0.15, 0.2) is 60.8 Å². The topological polar surface area (TPSA) is 57.7 Å². The van der Waals surface area contributed by atoms with Gasteiger partial charge in [0.2, 0.25) is 0 Å². The molecule has 0 saturated heterocycles. The van der Waals surface area contributed by atoms with Gasteiger partial charge in [-0.15, -0.1) is 0 Å². The molecule has 3 aromatic rings. The van der Waals surface area contributed by atoms with Crippen molar-refractivity contribution < 1.29 is 19.0 Å². The van der Waals surface area contributed by atoms with E-state index in [2.05, 4.69) is 18.0 Å². The second-order valence-electron chi connectivity index (χ2n) is 6.97. The Bertz CT molecular complexity index is 983. The van der Waals surface area contributed by atoms with Gasteiger partial charge in [0.05, 0.1) is 19.3 Å². The summed E-state index contributed by atoms with van der Waals surface area (Å²) in [5.41, 5.74) is 4.44. The summed E-state index contributed by atoms with van der Waals surface area (Å²) in [5, 5.41) is 0. The summed E-state index contributed by atoms with van der Waals surface area (Å²) in [6.45, 7) is 4.80. The van der Waals surface area contributed by atoms with Crippen LogP contribution in [0.4, 0.5) is 0 Å². The first-order valence-corrected chi connectivity index (χ1v) is 10.1. The molecule has 0 aliphatic carbocycles. The van der Waals surface area contributed by atoms with Crippen molar-refractivity contribution in [3.8, 4) is 11.5 Å². The number of carbonyl (C=O) groups is 1. The maximum Gasteiger partial charge on any atom is 0.338 e. The molecule has 0 spiro atoms. The van der Waals surface area contributed by atoms with Crippen LogP contribution in [0.1, 0.15) is 39.7 Å². The molecule has 1 heterocycles. The van der Waals surface area contributed by atoms with E-state index in [1.165, 1.54) is 12.7 Å². The fourth-order valence-corrected chi connectivity index (χ4v) is 3.14. The van der Waals surface area contributed by atoms with E-state index >= 15 is 0 Å². The summed E-state index contributed by atoms with van der Waals surface area (Å²) in [7, 11) is 1.38. The molecule has 5 nitrogen and oxygen atoms in total. The van der Waals surface area contributed by atoms with Gasteiger partial charge in [0.15, 0.2) is 0 Å². The van der Waals surface area contributed by atoms with Crippen molar-refractivity contribution in [1.82, 2.24) is 4.98 Å². The van der Waals surface area contributed by atoms with Gasteiger partial charge in [-0.05, 0) is 42.7 Å². The first kappa shape index (κ1) is 21.4. The van der Waals surface area contributed by atoms with E-state index in [0.29, 0.717) is 17.9 Å². The normalized spacial score (nSPS) is 10.5. The fourth-order valence-electron chi connectivity index (χ4n) is 3.14. The number of benzene rings is 2. The molecule has 0 aliphatic heterocycles. The maximum absolute atomic E-state index is 12.1. The average Bonchev–Trinajstić information content (AvgIpc) is 2.78. The van der Waals surface area contributed by atoms with Gasteiger partial charge < -0.3 is 14.2 Å². The summed E-state index contributed by atoms with van der Waals surface area (Å²) in [6.07, 6.45) is 3.64. The van der Waals surface area contributed by atoms with Crippen molar-refractivity contribution in [2.75, 3.05) is 13.7 Å². The molecule has 0 amide bonds. The van der Waals surface area contributed by atoms with Crippen LogP contribution < -0.4 is 9.47 Å². The zero-order chi connectivity index (χ0) is 21.3. The standard InChI is InChI=1S/C25H27NO4/c1-4-19-11-12-21(26-16-19)13-14-29-22-9-6-10-23(15-22)30-17-20-8-5-7-18(2)24(20)25(27)28-3/h5-12,15-16H,4,13-14,17H2,1-3H3. The Kier molecular flexibility index (Phi) is 7.44. The minimum Gasteiger partial charge on any atom is -0.493 e. The van der Waals surface area contributed by atoms with E-state index in [9.17, 15) is 4.79 Å². The van der Waals surface area contributed by atoms with Crippen LogP contribution in [-0.2, 0) is 24.2 Å². The Morgan fingerprint density at radius 1 is 1.00 bits per heavy atom. The Balaban J connectivity index is 1.58. The molecule has 2 aromatic carbocycles. The van der Waals surface area contributed by atoms with E-state index in [-0.39, 0.29) is 12.6 Å². The molecule has 0 atom stereocenters. The van der Waals surface area contributed by atoms with Crippen molar-refractivity contribution in [2.45, 2.75) is 33.3 Å². The third kappa shape index (κ3) is 5.60. The number of pyridine rings is 1. The lowest BCUT2D eigenvalue weighted by Gasteiger charge is -2.13. The molecule has 0 saturated carbocycles. The number of aryl methyl sites for hydroxylation is 2. The minimum atomic E-state index is -0.357. The van der Waals surface area contributed by atoms with Gasteiger partial charge in [0.1, 0.15) is 18.1 Å². The van der Waals surface area contributed by atoms with E-state index in [1.54, 1.807) is 0 Å². The number of ether oxygens (including phenoxy) is 3. The Hall–Kier alpha value is -3.34. The summed E-state index contributed by atoms with van der Waals surface area (Å²) in [4.78, 5) is 16.5. The molecule has 156 valence electrons. The molecule has 3 rings (SSSR count). The van der Waals surface area contributed by atoms with Gasteiger partial charge in [0, 0.05) is 29.9 Å².